The number of piperidine rings is 1. The van der Waals surface area contributed by atoms with E-state index in [1.54, 1.807) is 12.1 Å². The van der Waals surface area contributed by atoms with Crippen molar-refractivity contribution >= 4 is 44.3 Å². The summed E-state index contributed by atoms with van der Waals surface area (Å²) >= 11 is 6.16. The summed E-state index contributed by atoms with van der Waals surface area (Å²) < 4.78 is 114. The molecule has 0 aromatic heterocycles. The molecule has 3 aliphatic rings. The maximum atomic E-state index is 16.9. The van der Waals surface area contributed by atoms with Crippen molar-refractivity contribution in [2.24, 2.45) is 5.73 Å². The zero-order valence-corrected chi connectivity index (χ0v) is 28.7. The first kappa shape index (κ1) is 37.0. The monoisotopic (exact) mass is 759 g/mol. The maximum Gasteiger partial charge on any atom is 0.492 e. The van der Waals surface area contributed by atoms with E-state index in [1.165, 1.54) is 12.1 Å². The molecule has 3 fully saturated rings. The van der Waals surface area contributed by atoms with Crippen molar-refractivity contribution in [1.29, 1.82) is 0 Å². The van der Waals surface area contributed by atoms with Gasteiger partial charge in [0.1, 0.15) is 11.5 Å². The highest BCUT2D eigenvalue weighted by Gasteiger charge is 2.59. The molecule has 0 spiro atoms. The van der Waals surface area contributed by atoms with Crippen LogP contribution in [0.1, 0.15) is 56.9 Å². The number of hydrogen-bond donors (Lipinski definition) is 1. The lowest BCUT2D eigenvalue weighted by molar-refractivity contribution is -0.239. The molecule has 1 amide bonds. The minimum atomic E-state index is -5.83. The van der Waals surface area contributed by atoms with E-state index in [0.717, 1.165) is 60.9 Å². The first-order chi connectivity index (χ1) is 24.0. The highest BCUT2D eigenvalue weighted by Crippen LogP contribution is 2.43. The lowest BCUT2D eigenvalue weighted by atomic mass is 9.98. The third kappa shape index (κ3) is 8.18. The molecule has 2 N–H and O–H groups in total. The smallest absolute Gasteiger partial charge is 0.490 e. The minimum absolute atomic E-state index is 0.0164. The highest BCUT2D eigenvalue weighted by molar-refractivity contribution is 7.89. The van der Waals surface area contributed by atoms with Crippen LogP contribution in [0.5, 0.6) is 11.5 Å². The lowest BCUT2D eigenvalue weighted by Crippen LogP contribution is -2.60. The van der Waals surface area contributed by atoms with E-state index < -0.39 is 61.0 Å². The molecule has 276 valence electrons. The van der Waals surface area contributed by atoms with Gasteiger partial charge in [-0.25, -0.2) is 13.2 Å². The van der Waals surface area contributed by atoms with Crippen molar-refractivity contribution in [1.82, 2.24) is 9.37 Å². The molecule has 0 unspecified atom stereocenters. The summed E-state index contributed by atoms with van der Waals surface area (Å²) in [4.78, 5) is 30.7. The molecule has 51 heavy (non-hydrogen) atoms. The van der Waals surface area contributed by atoms with Crippen molar-refractivity contribution in [3.63, 3.8) is 0 Å². The Morgan fingerprint density at radius 1 is 0.843 bits per heavy atom. The van der Waals surface area contributed by atoms with Crippen LogP contribution in [0.25, 0.3) is 10.8 Å². The van der Waals surface area contributed by atoms with Gasteiger partial charge in [0.05, 0.1) is 22.1 Å². The molecule has 1 aliphatic heterocycles. The van der Waals surface area contributed by atoms with E-state index in [0.29, 0.717) is 24.0 Å². The number of sulfonamides is 1. The van der Waals surface area contributed by atoms with E-state index in [4.69, 9.17) is 26.8 Å². The Labute approximate surface area is 295 Å². The Kier molecular flexibility index (Phi) is 10.4. The Balaban J connectivity index is 1.45. The van der Waals surface area contributed by atoms with E-state index in [1.807, 2.05) is 0 Å². The summed E-state index contributed by atoms with van der Waals surface area (Å²) in [6, 6.07) is 6.82. The number of nitrogens with zero attached hydrogens (tertiary/aromatic N) is 2. The Morgan fingerprint density at radius 3 is 2.12 bits per heavy atom. The molecule has 6 rings (SSSR count). The number of likely N-dealkylation sites (tertiary alicyclic amines) is 1. The average molecular weight is 760 g/mol. The lowest BCUT2D eigenvalue weighted by Gasteiger charge is -2.38. The minimum Gasteiger partial charge on any atom is -0.490 e. The molecule has 2 saturated carbocycles. The third-order valence-corrected chi connectivity index (χ3v) is 11.0. The Morgan fingerprint density at radius 2 is 1.47 bits per heavy atom. The van der Waals surface area contributed by atoms with Gasteiger partial charge in [-0.2, -0.15) is 22.0 Å². The van der Waals surface area contributed by atoms with E-state index in [2.05, 4.69) is 4.84 Å². The Hall–Kier alpha value is -3.73. The third-order valence-electron chi connectivity index (χ3n) is 9.10. The van der Waals surface area contributed by atoms with Gasteiger partial charge >= 0.3 is 18.1 Å². The van der Waals surface area contributed by atoms with Crippen LogP contribution in [0.15, 0.2) is 59.5 Å². The number of fused-ring (bicyclic) bond motifs is 1. The fourth-order valence-corrected chi connectivity index (χ4v) is 7.66. The number of amides is 1. The number of benzene rings is 3. The predicted octanol–water partition coefficient (Wildman–Crippen LogP) is 6.48. The Bertz CT molecular complexity index is 1900. The number of halogens is 6. The normalized spacial score (nSPS) is 18.6. The zero-order chi connectivity index (χ0) is 36.7. The fourth-order valence-electron chi connectivity index (χ4n) is 6.11. The van der Waals surface area contributed by atoms with Crippen molar-refractivity contribution in [3.05, 3.63) is 65.2 Å². The van der Waals surface area contributed by atoms with Gasteiger partial charge in [-0.05, 0) is 103 Å². The summed E-state index contributed by atoms with van der Waals surface area (Å²) in [6.07, 6.45) is -0.821. The summed E-state index contributed by atoms with van der Waals surface area (Å²) in [6.45, 7) is -0.433. The number of hydrogen-bond acceptors (Lipinski definition) is 8. The number of alkyl halides is 5. The van der Waals surface area contributed by atoms with Crippen molar-refractivity contribution in [3.8, 4) is 11.5 Å². The second-order valence-corrected chi connectivity index (χ2v) is 15.2. The van der Waals surface area contributed by atoms with E-state index >= 15 is 8.78 Å². The molecule has 3 aromatic carbocycles. The van der Waals surface area contributed by atoms with Gasteiger partial charge in [0.25, 0.3) is 15.9 Å². The van der Waals surface area contributed by atoms with Crippen LogP contribution < -0.4 is 15.2 Å². The number of rotatable bonds is 11. The van der Waals surface area contributed by atoms with Gasteiger partial charge in [-0.1, -0.05) is 29.8 Å². The molecule has 3 aromatic rings. The topological polar surface area (TPSA) is 128 Å². The average Bonchev–Trinajstić information content (AvgIpc) is 3.75. The zero-order valence-electron chi connectivity index (χ0n) is 27.1. The van der Waals surface area contributed by atoms with Gasteiger partial charge in [-0.15, -0.1) is 0 Å². The second-order valence-electron chi connectivity index (χ2n) is 13.0. The molecular weight excluding hydrogens is 725 g/mol. The molecule has 1 heterocycles. The first-order valence-corrected chi connectivity index (χ1v) is 18.3. The molecule has 1 atom stereocenters. The first-order valence-electron chi connectivity index (χ1n) is 16.5. The molecule has 0 bridgehead atoms. The van der Waals surface area contributed by atoms with Gasteiger partial charge < -0.3 is 24.9 Å². The number of hydroxylamine groups is 1. The van der Waals surface area contributed by atoms with Crippen LogP contribution in [0.3, 0.4) is 0 Å². The highest BCUT2D eigenvalue weighted by atomic mass is 35.5. The molecule has 1 saturated heterocycles. The van der Waals surface area contributed by atoms with Gasteiger partial charge in [0.2, 0.25) is 6.04 Å². The second kappa shape index (κ2) is 14.4. The van der Waals surface area contributed by atoms with Crippen LogP contribution in [-0.4, -0.2) is 73.2 Å². The van der Waals surface area contributed by atoms with Crippen molar-refractivity contribution < 1.29 is 54.3 Å². The van der Waals surface area contributed by atoms with Crippen LogP contribution in [0, 0.1) is 0 Å². The predicted molar refractivity (Wildman–Crippen MR) is 175 cm³/mol. The summed E-state index contributed by atoms with van der Waals surface area (Å²) in [7, 11) is -5.64. The van der Waals surface area contributed by atoms with E-state index in [-0.39, 0.29) is 54.3 Å². The van der Waals surface area contributed by atoms with Crippen LogP contribution in [-0.2, 0) is 30.4 Å². The van der Waals surface area contributed by atoms with E-state index in [9.17, 15) is 31.2 Å². The number of carbonyl (C=O) groups excluding carboxylic acids is 2. The van der Waals surface area contributed by atoms with Crippen LogP contribution in [0.4, 0.5) is 22.0 Å². The van der Waals surface area contributed by atoms with Crippen LogP contribution >= 0.6 is 11.6 Å². The number of carbonyl (C=O) groups is 2. The van der Waals surface area contributed by atoms with Gasteiger partial charge in [0.15, 0.2) is 0 Å². The molecule has 2 aliphatic carbocycles. The summed E-state index contributed by atoms with van der Waals surface area (Å²) in [5, 5.41) is 0.640. The van der Waals surface area contributed by atoms with Gasteiger partial charge in [-0.3, -0.25) is 4.79 Å². The molecule has 10 nitrogen and oxygen atoms in total. The largest absolute Gasteiger partial charge is 0.492 e. The standard InChI is InChI=1S/C34H35ClF5N3O7S/c35-28-12-7-22(19-29(28)49-25-9-10-25)33(36,37)30(31(44)42-15-13-23(41)14-16-42)43(50-32(45)34(38,39)40)51(46,47)27-11-6-20-17-26(8-5-21(20)18-27)48-24-3-1-2-4-24/h5-8,11-12,17-19,23-25,30H,1-4,9-10,13-16,41H2/t30-/m0/s1. The maximum absolute atomic E-state index is 16.9. The quantitative estimate of drug-likeness (QED) is 0.174. The summed E-state index contributed by atoms with van der Waals surface area (Å²) in [5.41, 5.74) is 4.90. The SMILES string of the molecule is NC1CCN(C(=O)[C@H](N(OC(=O)C(F)(F)F)S(=O)(=O)c2ccc3cc(OC4CCCC4)ccc3c2)C(F)(F)c2ccc(Cl)c(OC3CC3)c2)CC1. The number of ether oxygens (including phenoxy) is 2. The molecule has 0 radical (unpaired) electrons. The van der Waals surface area contributed by atoms with Crippen LogP contribution in [0.2, 0.25) is 5.02 Å². The van der Waals surface area contributed by atoms with Gasteiger partial charge in [0, 0.05) is 24.7 Å². The fraction of sp³-hybridized carbons (Fsp3) is 0.471. The molecular formula is C34H35ClF5N3O7S. The van der Waals surface area contributed by atoms with Crippen molar-refractivity contribution in [2.75, 3.05) is 13.1 Å². The summed E-state index contributed by atoms with van der Waals surface area (Å²) in [5.74, 6) is -9.07. The van der Waals surface area contributed by atoms with Crippen molar-refractivity contribution in [2.45, 2.75) is 92.7 Å². The number of nitrogens with two attached hydrogens (primary N) is 1. The molecule has 17 heteroatoms.